The molecule has 0 unspecified atom stereocenters. The molecule has 0 aliphatic carbocycles. The second-order valence-electron chi connectivity index (χ2n) is 3.29. The third-order valence-corrected chi connectivity index (χ3v) is 2.18. The number of aryl methyl sites for hydroxylation is 1. The van der Waals surface area contributed by atoms with Crippen LogP contribution in [0, 0.1) is 0 Å². The fourth-order valence-electron chi connectivity index (χ4n) is 1.49. The Hall–Kier alpha value is -1.35. The van der Waals surface area contributed by atoms with Gasteiger partial charge in [0, 0.05) is 13.0 Å². The quantitative estimate of drug-likeness (QED) is 0.805. The van der Waals surface area contributed by atoms with Crippen LogP contribution in [0.4, 0.5) is 0 Å². The summed E-state index contributed by atoms with van der Waals surface area (Å²) in [7, 11) is 1.93. The summed E-state index contributed by atoms with van der Waals surface area (Å²) < 4.78 is 5.52. The molecule has 0 fully saturated rings. The molecule has 0 atom stereocenters. The van der Waals surface area contributed by atoms with Crippen molar-refractivity contribution in [3.63, 3.8) is 0 Å². The van der Waals surface area contributed by atoms with Crippen LogP contribution in [0.3, 0.4) is 0 Å². The van der Waals surface area contributed by atoms with Crippen LogP contribution in [0.25, 0.3) is 11.1 Å². The topological polar surface area (TPSA) is 38.1 Å². The second-order valence-corrected chi connectivity index (χ2v) is 3.29. The number of benzene rings is 1. The minimum absolute atomic E-state index is 0.807. The summed E-state index contributed by atoms with van der Waals surface area (Å²) in [6, 6.07) is 6.10. The lowest BCUT2D eigenvalue weighted by Gasteiger charge is -1.97. The number of nitrogens with one attached hydrogen (secondary N) is 1. The first-order chi connectivity index (χ1) is 6.83. The minimum Gasteiger partial charge on any atom is -0.441 e. The van der Waals surface area contributed by atoms with Gasteiger partial charge in [0.15, 0.2) is 11.5 Å². The van der Waals surface area contributed by atoms with Crippen LogP contribution in [0.5, 0.6) is 0 Å². The van der Waals surface area contributed by atoms with Gasteiger partial charge in [-0.15, -0.1) is 0 Å². The summed E-state index contributed by atoms with van der Waals surface area (Å²) in [6.07, 6.45) is 0.843. The van der Waals surface area contributed by atoms with Crippen molar-refractivity contribution in [1.29, 1.82) is 0 Å². The van der Waals surface area contributed by atoms with Crippen molar-refractivity contribution in [1.82, 2.24) is 10.3 Å². The molecule has 0 bridgehead atoms. The number of aromatic nitrogens is 1. The van der Waals surface area contributed by atoms with Crippen LogP contribution >= 0.6 is 0 Å². The predicted molar refractivity (Wildman–Crippen MR) is 56.2 cm³/mol. The van der Waals surface area contributed by atoms with E-state index in [1.54, 1.807) is 0 Å². The van der Waals surface area contributed by atoms with Crippen LogP contribution in [0.1, 0.15) is 18.4 Å². The van der Waals surface area contributed by atoms with E-state index < -0.39 is 0 Å². The number of hydrogen-bond donors (Lipinski definition) is 1. The molecule has 1 aromatic heterocycles. The van der Waals surface area contributed by atoms with Crippen molar-refractivity contribution in [3.8, 4) is 0 Å². The lowest BCUT2D eigenvalue weighted by atomic mass is 10.2. The van der Waals surface area contributed by atoms with Crippen molar-refractivity contribution in [2.45, 2.75) is 19.9 Å². The highest BCUT2D eigenvalue weighted by Crippen LogP contribution is 2.17. The number of nitrogens with zero attached hydrogens (tertiary/aromatic N) is 1. The first kappa shape index (κ1) is 9.21. The zero-order chi connectivity index (χ0) is 9.97. The maximum absolute atomic E-state index is 5.52. The smallest absolute Gasteiger partial charge is 0.195 e. The second kappa shape index (κ2) is 3.80. The van der Waals surface area contributed by atoms with Gasteiger partial charge in [-0.05, 0) is 24.7 Å². The highest BCUT2D eigenvalue weighted by molar-refractivity contribution is 5.73. The van der Waals surface area contributed by atoms with E-state index in [0.29, 0.717) is 0 Å². The molecule has 1 aromatic carbocycles. The molecule has 0 aliphatic heterocycles. The predicted octanol–water partition coefficient (Wildman–Crippen LogP) is 2.11. The van der Waals surface area contributed by atoms with Crippen molar-refractivity contribution in [2.24, 2.45) is 0 Å². The van der Waals surface area contributed by atoms with E-state index in [1.165, 1.54) is 5.56 Å². The van der Waals surface area contributed by atoms with Crippen LogP contribution in [0.15, 0.2) is 22.6 Å². The Kier molecular flexibility index (Phi) is 2.50. The molecule has 74 valence electrons. The third-order valence-electron chi connectivity index (χ3n) is 2.18. The van der Waals surface area contributed by atoms with Crippen LogP contribution in [-0.2, 0) is 13.0 Å². The number of oxazole rings is 1. The Bertz CT molecular complexity index is 434. The Morgan fingerprint density at radius 3 is 3.00 bits per heavy atom. The highest BCUT2D eigenvalue weighted by atomic mass is 16.3. The van der Waals surface area contributed by atoms with E-state index in [2.05, 4.69) is 22.4 Å². The molecular weight excluding hydrogens is 176 g/mol. The van der Waals surface area contributed by atoms with E-state index in [1.807, 2.05) is 20.0 Å². The van der Waals surface area contributed by atoms with E-state index in [-0.39, 0.29) is 0 Å². The normalized spacial score (nSPS) is 11.0. The first-order valence-corrected chi connectivity index (χ1v) is 4.86. The zero-order valence-electron chi connectivity index (χ0n) is 8.50. The molecule has 14 heavy (non-hydrogen) atoms. The maximum atomic E-state index is 5.52. The molecule has 0 saturated heterocycles. The lowest BCUT2D eigenvalue weighted by molar-refractivity contribution is 0.538. The molecule has 0 radical (unpaired) electrons. The average Bonchev–Trinajstić information content (AvgIpc) is 2.60. The number of fused-ring (bicyclic) bond motifs is 1. The van der Waals surface area contributed by atoms with Gasteiger partial charge < -0.3 is 9.73 Å². The minimum atomic E-state index is 0.807. The molecule has 2 rings (SSSR count). The lowest BCUT2D eigenvalue weighted by Crippen LogP contribution is -2.04. The molecule has 1 N–H and O–H groups in total. The van der Waals surface area contributed by atoms with Crippen molar-refractivity contribution < 1.29 is 4.42 Å². The summed E-state index contributed by atoms with van der Waals surface area (Å²) in [6.45, 7) is 2.91. The Balaban J connectivity index is 2.43. The maximum Gasteiger partial charge on any atom is 0.195 e. The van der Waals surface area contributed by atoms with E-state index >= 15 is 0 Å². The molecule has 3 nitrogen and oxygen atoms in total. The summed E-state index contributed by atoms with van der Waals surface area (Å²) in [5, 5.41) is 3.11. The Labute approximate surface area is 83.1 Å². The molecule has 2 aromatic rings. The van der Waals surface area contributed by atoms with E-state index in [9.17, 15) is 0 Å². The fraction of sp³-hybridized carbons (Fsp3) is 0.364. The Morgan fingerprint density at radius 2 is 2.29 bits per heavy atom. The monoisotopic (exact) mass is 190 g/mol. The van der Waals surface area contributed by atoms with Gasteiger partial charge in [0.25, 0.3) is 0 Å². The number of rotatable bonds is 3. The van der Waals surface area contributed by atoms with Gasteiger partial charge >= 0.3 is 0 Å². The largest absolute Gasteiger partial charge is 0.441 e. The van der Waals surface area contributed by atoms with Gasteiger partial charge in [-0.25, -0.2) is 4.98 Å². The molecule has 0 aliphatic rings. The van der Waals surface area contributed by atoms with Crippen LogP contribution in [0.2, 0.25) is 0 Å². The standard InChI is InChI=1S/C11H14N2O/c1-3-11-13-9-6-8(7-12-2)4-5-10(9)14-11/h4-6,12H,3,7H2,1-2H3. The summed E-state index contributed by atoms with van der Waals surface area (Å²) in [5.41, 5.74) is 3.06. The SMILES string of the molecule is CCc1nc2cc(CNC)ccc2o1. The van der Waals surface area contributed by atoms with Crippen LogP contribution in [-0.4, -0.2) is 12.0 Å². The molecule has 3 heteroatoms. The van der Waals surface area contributed by atoms with E-state index in [4.69, 9.17) is 4.42 Å². The van der Waals surface area contributed by atoms with Gasteiger partial charge in [-0.2, -0.15) is 0 Å². The molecule has 0 amide bonds. The number of hydrogen-bond acceptors (Lipinski definition) is 3. The molecule has 0 spiro atoms. The van der Waals surface area contributed by atoms with Gasteiger partial charge in [-0.3, -0.25) is 0 Å². The fourth-order valence-corrected chi connectivity index (χ4v) is 1.49. The van der Waals surface area contributed by atoms with Gasteiger partial charge in [0.1, 0.15) is 5.52 Å². The summed E-state index contributed by atoms with van der Waals surface area (Å²) >= 11 is 0. The van der Waals surface area contributed by atoms with Crippen molar-refractivity contribution >= 4 is 11.1 Å². The van der Waals surface area contributed by atoms with Crippen LogP contribution < -0.4 is 5.32 Å². The van der Waals surface area contributed by atoms with Gasteiger partial charge in [0.2, 0.25) is 0 Å². The summed E-state index contributed by atoms with van der Waals surface area (Å²) in [5.74, 6) is 0.807. The summed E-state index contributed by atoms with van der Waals surface area (Å²) in [4.78, 5) is 4.38. The van der Waals surface area contributed by atoms with E-state index in [0.717, 1.165) is 30.0 Å². The van der Waals surface area contributed by atoms with Gasteiger partial charge in [0.05, 0.1) is 0 Å². The molecular formula is C11H14N2O. The van der Waals surface area contributed by atoms with Crippen molar-refractivity contribution in [3.05, 3.63) is 29.7 Å². The average molecular weight is 190 g/mol. The zero-order valence-corrected chi connectivity index (χ0v) is 8.50. The Morgan fingerprint density at radius 1 is 1.43 bits per heavy atom. The third kappa shape index (κ3) is 1.63. The van der Waals surface area contributed by atoms with Gasteiger partial charge in [-0.1, -0.05) is 13.0 Å². The highest BCUT2D eigenvalue weighted by Gasteiger charge is 2.03. The van der Waals surface area contributed by atoms with Crippen molar-refractivity contribution in [2.75, 3.05) is 7.05 Å². The molecule has 0 saturated carbocycles. The first-order valence-electron chi connectivity index (χ1n) is 4.86. The molecule has 1 heterocycles.